The van der Waals surface area contributed by atoms with Crippen LogP contribution in [0.25, 0.3) is 11.1 Å². The molecule has 17 rings (SSSR count). The molecule has 0 amide bonds. The first kappa shape index (κ1) is 41.4. The minimum atomic E-state index is -0.0448. The fourth-order valence-electron chi connectivity index (χ4n) is 15.3. The highest BCUT2D eigenvalue weighted by molar-refractivity contribution is 7.02. The van der Waals surface area contributed by atoms with Crippen LogP contribution in [0.15, 0.2) is 176 Å². The third kappa shape index (κ3) is 5.63. The van der Waals surface area contributed by atoms with Crippen LogP contribution in [-0.4, -0.2) is 39.6 Å². The molecule has 6 nitrogen and oxygen atoms in total. The van der Waals surface area contributed by atoms with Crippen LogP contribution in [-0.2, 0) is 25.7 Å². The Morgan fingerprint density at radius 3 is 1.39 bits per heavy atom. The molecule has 9 aromatic carbocycles. The van der Waals surface area contributed by atoms with Crippen LogP contribution in [0.4, 0.5) is 62.6 Å². The Kier molecular flexibility index (Phi) is 8.79. The molecule has 8 aliphatic heterocycles. The first-order valence-electron chi connectivity index (χ1n) is 27.4. The number of fused-ring (bicyclic) bond motifs is 12. The molecular weight excluding hydrogens is 900 g/mol. The molecular formula is C66H53B2N5O. The number of benzene rings is 9. The summed E-state index contributed by atoms with van der Waals surface area (Å²) in [4.78, 5) is 13.4. The Morgan fingerprint density at radius 1 is 0.338 bits per heavy atom. The SMILES string of the molecule is c1ccc(-c2ccc3c(c2)N(c2ccccc2)c2c4c5c(c6c2B3c2cc3c(cc2O6)N(c2ccccc2)c2c6c7c(c8c2B3c2ccccc2N8c2ccccc2)CCCN7CCC6)CCCN5CCC4)cc1. The molecule has 0 aliphatic carbocycles. The van der Waals surface area contributed by atoms with Crippen molar-refractivity contribution in [3.8, 4) is 22.6 Å². The van der Waals surface area contributed by atoms with E-state index in [1.54, 1.807) is 0 Å². The molecule has 0 aromatic heterocycles. The monoisotopic (exact) mass is 953 g/mol. The van der Waals surface area contributed by atoms with Crippen molar-refractivity contribution >= 4 is 109 Å². The van der Waals surface area contributed by atoms with Gasteiger partial charge in [-0.3, -0.25) is 0 Å². The van der Waals surface area contributed by atoms with Gasteiger partial charge in [0.25, 0.3) is 13.4 Å². The molecule has 0 spiro atoms. The van der Waals surface area contributed by atoms with Crippen molar-refractivity contribution in [1.29, 1.82) is 0 Å². The summed E-state index contributed by atoms with van der Waals surface area (Å²) in [7, 11) is 0. The zero-order valence-electron chi connectivity index (χ0n) is 41.5. The second kappa shape index (κ2) is 15.7. The molecule has 0 N–H and O–H groups in total. The zero-order chi connectivity index (χ0) is 48.2. The standard InChI is InChI=1S/C66H53B2N5O/c1-5-19-42(20-6-1)43-33-34-52-56(39-43)72(45-23-9-3-10-24-45)65-49-29-17-37-70-38-18-30-50(62(49)70)66-60(65)68(52)54-40-53-57(41-58(54)74-66)73(46-25-11-4-12-26-46)64-48-28-16-36-69-35-15-27-47(61(48)69)63-59(64)67(53)51-31-13-14-32-55(51)71(63)44-21-7-2-8-22-44/h1-14,19-26,31-34,39-41H,15-18,27-30,35-38H2. The molecule has 354 valence electrons. The second-order valence-corrected chi connectivity index (χ2v) is 21.8. The Labute approximate surface area is 434 Å². The van der Waals surface area contributed by atoms with Crippen LogP contribution in [0.1, 0.15) is 47.9 Å². The Hall–Kier alpha value is -8.09. The lowest BCUT2D eigenvalue weighted by Crippen LogP contribution is -2.65. The second-order valence-electron chi connectivity index (χ2n) is 21.8. The number of nitrogens with zero attached hydrogens (tertiary/aromatic N) is 5. The molecule has 8 aliphatic rings. The summed E-state index contributed by atoms with van der Waals surface area (Å²) in [5.41, 5.74) is 30.9. The number of para-hydroxylation sites is 4. The zero-order valence-corrected chi connectivity index (χ0v) is 41.5. The van der Waals surface area contributed by atoms with Gasteiger partial charge < -0.3 is 29.2 Å². The van der Waals surface area contributed by atoms with E-state index in [1.807, 2.05) is 0 Å². The fraction of sp³-hybridized carbons (Fsp3) is 0.182. The van der Waals surface area contributed by atoms with Gasteiger partial charge in [0.05, 0.1) is 5.69 Å². The maximum atomic E-state index is 7.85. The fourth-order valence-corrected chi connectivity index (χ4v) is 15.3. The lowest BCUT2D eigenvalue weighted by atomic mass is 9.30. The lowest BCUT2D eigenvalue weighted by molar-refractivity contribution is 0.476. The molecule has 0 saturated carbocycles. The van der Waals surface area contributed by atoms with E-state index in [0.29, 0.717) is 0 Å². The number of ether oxygens (including phenoxy) is 1. The highest BCUT2D eigenvalue weighted by atomic mass is 16.5. The Balaban J connectivity index is 0.992. The predicted molar refractivity (Wildman–Crippen MR) is 309 cm³/mol. The molecule has 8 heterocycles. The molecule has 0 bridgehead atoms. The Bertz CT molecular complexity index is 3830. The van der Waals surface area contributed by atoms with Crippen molar-refractivity contribution in [2.45, 2.75) is 51.4 Å². The van der Waals surface area contributed by atoms with Gasteiger partial charge in [-0.05, 0) is 160 Å². The van der Waals surface area contributed by atoms with E-state index in [2.05, 4.69) is 200 Å². The quantitative estimate of drug-likeness (QED) is 0.163. The summed E-state index contributed by atoms with van der Waals surface area (Å²) in [5, 5.41) is 0. The van der Waals surface area contributed by atoms with Crippen molar-refractivity contribution in [1.82, 2.24) is 0 Å². The first-order valence-corrected chi connectivity index (χ1v) is 27.4. The van der Waals surface area contributed by atoms with Gasteiger partial charge in [-0.1, -0.05) is 121 Å². The van der Waals surface area contributed by atoms with Gasteiger partial charge in [-0.2, -0.15) is 0 Å². The van der Waals surface area contributed by atoms with Crippen molar-refractivity contribution < 1.29 is 4.74 Å². The van der Waals surface area contributed by atoms with Crippen LogP contribution in [0, 0.1) is 0 Å². The average Bonchev–Trinajstić information content (AvgIpc) is 3.62. The van der Waals surface area contributed by atoms with E-state index in [4.69, 9.17) is 4.74 Å². The lowest BCUT2D eigenvalue weighted by Gasteiger charge is -2.50. The summed E-state index contributed by atoms with van der Waals surface area (Å²) in [5.74, 6) is 2.07. The molecule has 8 heteroatoms. The third-order valence-corrected chi connectivity index (χ3v) is 18.0. The van der Waals surface area contributed by atoms with Gasteiger partial charge in [0, 0.05) is 94.7 Å². The number of rotatable bonds is 4. The average molecular weight is 954 g/mol. The maximum absolute atomic E-state index is 7.85. The molecule has 74 heavy (non-hydrogen) atoms. The van der Waals surface area contributed by atoms with Crippen LogP contribution in [0.5, 0.6) is 11.5 Å². The van der Waals surface area contributed by atoms with Crippen molar-refractivity contribution in [3.63, 3.8) is 0 Å². The molecule has 0 radical (unpaired) electrons. The van der Waals surface area contributed by atoms with Gasteiger partial charge in [0.1, 0.15) is 11.5 Å². The summed E-state index contributed by atoms with van der Waals surface area (Å²) in [6, 6.07) is 66.5. The number of hydrogen-bond donors (Lipinski definition) is 0. The van der Waals surface area contributed by atoms with Gasteiger partial charge in [0.15, 0.2) is 0 Å². The Morgan fingerprint density at radius 2 is 0.797 bits per heavy atom. The number of anilines is 11. The minimum absolute atomic E-state index is 0.00118. The highest BCUT2D eigenvalue weighted by Gasteiger charge is 2.51. The van der Waals surface area contributed by atoms with Gasteiger partial charge in [0.2, 0.25) is 0 Å². The van der Waals surface area contributed by atoms with Crippen LogP contribution >= 0.6 is 0 Å². The molecule has 0 unspecified atom stereocenters. The molecule has 0 atom stereocenters. The topological polar surface area (TPSA) is 25.4 Å². The van der Waals surface area contributed by atoms with E-state index >= 15 is 0 Å². The van der Waals surface area contributed by atoms with Crippen LogP contribution in [0.2, 0.25) is 0 Å². The van der Waals surface area contributed by atoms with Crippen LogP contribution in [0.3, 0.4) is 0 Å². The largest absolute Gasteiger partial charge is 0.458 e. The van der Waals surface area contributed by atoms with Gasteiger partial charge in [-0.15, -0.1) is 0 Å². The van der Waals surface area contributed by atoms with E-state index in [9.17, 15) is 0 Å². The van der Waals surface area contributed by atoms with Crippen molar-refractivity contribution in [2.75, 3.05) is 50.7 Å². The minimum Gasteiger partial charge on any atom is -0.458 e. The van der Waals surface area contributed by atoms with Crippen LogP contribution < -0.4 is 62.0 Å². The predicted octanol–water partition coefficient (Wildman–Crippen LogP) is 11.2. The first-order chi connectivity index (χ1) is 36.8. The molecule has 0 fully saturated rings. The van der Waals surface area contributed by atoms with Crippen molar-refractivity contribution in [2.24, 2.45) is 0 Å². The third-order valence-electron chi connectivity index (χ3n) is 18.0. The van der Waals surface area contributed by atoms with E-state index in [-0.39, 0.29) is 13.4 Å². The summed E-state index contributed by atoms with van der Waals surface area (Å²) >= 11 is 0. The van der Waals surface area contributed by atoms with Gasteiger partial charge >= 0.3 is 0 Å². The van der Waals surface area contributed by atoms with E-state index in [0.717, 1.165) is 89.0 Å². The van der Waals surface area contributed by atoms with Crippen molar-refractivity contribution in [3.05, 3.63) is 198 Å². The summed E-state index contributed by atoms with van der Waals surface area (Å²) < 4.78 is 7.85. The summed E-state index contributed by atoms with van der Waals surface area (Å²) in [6.45, 7) is 4.35. The molecule has 9 aromatic rings. The highest BCUT2D eigenvalue weighted by Crippen LogP contribution is 2.55. The number of hydrogen-bond acceptors (Lipinski definition) is 6. The van der Waals surface area contributed by atoms with Gasteiger partial charge in [-0.25, -0.2) is 0 Å². The smallest absolute Gasteiger partial charge is 0.256 e. The maximum Gasteiger partial charge on any atom is 0.256 e. The molecule has 0 saturated heterocycles. The normalized spacial score (nSPS) is 16.7. The van der Waals surface area contributed by atoms with E-state index < -0.39 is 0 Å². The summed E-state index contributed by atoms with van der Waals surface area (Å²) in [6.07, 6.45) is 8.80. The van der Waals surface area contributed by atoms with E-state index in [1.165, 1.54) is 129 Å².